The first-order chi connectivity index (χ1) is 17.6. The maximum absolute atomic E-state index is 13.2. The lowest BCUT2D eigenvalue weighted by molar-refractivity contribution is -0.388. The van der Waals surface area contributed by atoms with E-state index in [1.54, 1.807) is 4.90 Å². The lowest BCUT2D eigenvalue weighted by atomic mass is 9.91. The molecule has 11 heteroatoms. The maximum Gasteiger partial charge on any atom is 0.423 e. The highest BCUT2D eigenvalue weighted by atomic mass is 35.5. The average molecular weight is 555 g/mol. The molecular weight excluding hydrogens is 521 g/mol. The van der Waals surface area contributed by atoms with Gasteiger partial charge >= 0.3 is 6.18 Å². The van der Waals surface area contributed by atoms with Gasteiger partial charge in [0.15, 0.2) is 0 Å². The first kappa shape index (κ1) is 29.5. The first-order valence-electron chi connectivity index (χ1n) is 12.5. The molecular formula is C27H34ClF3N4O3. The number of halogens is 4. The van der Waals surface area contributed by atoms with Crippen LogP contribution in [0.25, 0.3) is 0 Å². The highest BCUT2D eigenvalue weighted by Crippen LogP contribution is 2.38. The number of hydrogen-bond donors (Lipinski definition) is 1. The second-order valence-corrected chi connectivity index (χ2v) is 10.2. The fraction of sp³-hybridized carbons (Fsp3) is 0.519. The molecule has 0 bridgehead atoms. The number of nitro groups is 1. The Hall–Kier alpha value is -3.01. The summed E-state index contributed by atoms with van der Waals surface area (Å²) in [6, 6.07) is 10.6. The maximum atomic E-state index is 13.2. The molecule has 2 saturated heterocycles. The SMILES string of the molecule is C.O=C(CCCC1CCN(c2ccc(Cl)cc2)CC1)N1CC[C@H](Nc2ccc([N+](=O)[O-])c(C(F)(F)F)c2)C1. The summed E-state index contributed by atoms with van der Waals surface area (Å²) in [5.41, 5.74) is -0.926. The van der Waals surface area contributed by atoms with E-state index in [0.29, 0.717) is 31.8 Å². The van der Waals surface area contributed by atoms with Gasteiger partial charge in [0.1, 0.15) is 5.56 Å². The summed E-state index contributed by atoms with van der Waals surface area (Å²) in [6.07, 6.45) is 0.218. The number of piperidine rings is 1. The van der Waals surface area contributed by atoms with E-state index >= 15 is 0 Å². The standard InChI is InChI=1S/C26H30ClF3N4O3.CH4/c27-19-4-7-22(8-5-19)32-13-10-18(11-14-32)2-1-3-25(35)33-15-12-21(17-33)31-20-6-9-24(34(36)37)23(16-20)26(28,29)30;/h4-9,16,18,21,31H,1-3,10-15,17H2;1H4/t21-;/m0./s1. The lowest BCUT2D eigenvalue weighted by Gasteiger charge is -2.33. The van der Waals surface area contributed by atoms with Gasteiger partial charge in [0.25, 0.3) is 5.69 Å². The third-order valence-electron chi connectivity index (χ3n) is 7.22. The van der Waals surface area contributed by atoms with E-state index in [4.69, 9.17) is 11.6 Å². The Morgan fingerprint density at radius 2 is 1.76 bits per heavy atom. The minimum atomic E-state index is -4.83. The van der Waals surface area contributed by atoms with Crippen molar-refractivity contribution >= 4 is 34.6 Å². The van der Waals surface area contributed by atoms with Crippen molar-refractivity contribution in [2.24, 2.45) is 5.92 Å². The van der Waals surface area contributed by atoms with Crippen LogP contribution < -0.4 is 10.2 Å². The van der Waals surface area contributed by atoms with Crippen molar-refractivity contribution in [3.05, 3.63) is 63.2 Å². The highest BCUT2D eigenvalue weighted by molar-refractivity contribution is 6.30. The van der Waals surface area contributed by atoms with Crippen LogP contribution >= 0.6 is 11.6 Å². The molecule has 1 N–H and O–H groups in total. The number of hydrogen-bond acceptors (Lipinski definition) is 5. The van der Waals surface area contributed by atoms with Gasteiger partial charge in [0.05, 0.1) is 4.92 Å². The Bertz CT molecular complexity index is 1110. The van der Waals surface area contributed by atoms with Crippen molar-refractivity contribution in [2.45, 2.75) is 58.2 Å². The molecule has 7 nitrogen and oxygen atoms in total. The van der Waals surface area contributed by atoms with Crippen LogP contribution in [0.4, 0.5) is 30.2 Å². The molecule has 2 aliphatic heterocycles. The summed E-state index contributed by atoms with van der Waals surface area (Å²) < 4.78 is 39.7. The molecule has 4 rings (SSSR count). The molecule has 2 aromatic carbocycles. The van der Waals surface area contributed by atoms with Gasteiger partial charge in [0, 0.05) is 61.1 Å². The molecule has 0 saturated carbocycles. The molecule has 0 spiro atoms. The quantitative estimate of drug-likeness (QED) is 0.281. The van der Waals surface area contributed by atoms with Crippen molar-refractivity contribution < 1.29 is 22.9 Å². The summed E-state index contributed by atoms with van der Waals surface area (Å²) in [7, 11) is 0. The molecule has 1 amide bonds. The van der Waals surface area contributed by atoms with Gasteiger partial charge in [-0.1, -0.05) is 19.0 Å². The van der Waals surface area contributed by atoms with E-state index in [2.05, 4.69) is 10.2 Å². The number of nitrogens with one attached hydrogen (secondary N) is 1. The molecule has 0 radical (unpaired) electrons. The third kappa shape index (κ3) is 7.52. The second-order valence-electron chi connectivity index (χ2n) is 9.76. The van der Waals surface area contributed by atoms with Crippen molar-refractivity contribution in [3.63, 3.8) is 0 Å². The van der Waals surface area contributed by atoms with Gasteiger partial charge in [-0.2, -0.15) is 13.2 Å². The minimum absolute atomic E-state index is 0. The molecule has 0 aliphatic carbocycles. The van der Waals surface area contributed by atoms with Gasteiger partial charge in [-0.3, -0.25) is 14.9 Å². The van der Waals surface area contributed by atoms with E-state index in [1.165, 1.54) is 11.8 Å². The highest BCUT2D eigenvalue weighted by Gasteiger charge is 2.38. The fourth-order valence-electron chi connectivity index (χ4n) is 5.18. The zero-order valence-corrected chi connectivity index (χ0v) is 21.1. The monoisotopic (exact) mass is 554 g/mol. The minimum Gasteiger partial charge on any atom is -0.380 e. The van der Waals surface area contributed by atoms with Crippen molar-refractivity contribution in [2.75, 3.05) is 36.4 Å². The molecule has 2 fully saturated rings. The van der Waals surface area contributed by atoms with Crippen LogP contribution in [0.1, 0.15) is 51.5 Å². The Morgan fingerprint density at radius 1 is 1.08 bits per heavy atom. The number of anilines is 2. The van der Waals surface area contributed by atoms with Crippen molar-refractivity contribution in [3.8, 4) is 0 Å². The summed E-state index contributed by atoms with van der Waals surface area (Å²) >= 11 is 5.97. The molecule has 0 aromatic heterocycles. The zero-order chi connectivity index (χ0) is 26.6. The number of alkyl halides is 3. The number of nitro benzene ring substituents is 1. The molecule has 2 aromatic rings. The van der Waals surface area contributed by atoms with E-state index in [0.717, 1.165) is 55.9 Å². The van der Waals surface area contributed by atoms with Gasteiger partial charge < -0.3 is 15.1 Å². The number of rotatable bonds is 8. The van der Waals surface area contributed by atoms with Crippen LogP contribution in [0.2, 0.25) is 5.02 Å². The van der Waals surface area contributed by atoms with Gasteiger partial charge in [-0.15, -0.1) is 0 Å². The zero-order valence-electron chi connectivity index (χ0n) is 20.3. The Balaban J connectivity index is 0.00000400. The van der Waals surface area contributed by atoms with Crippen LogP contribution in [-0.4, -0.2) is 48.0 Å². The third-order valence-corrected chi connectivity index (χ3v) is 7.47. The lowest BCUT2D eigenvalue weighted by Crippen LogP contribution is -2.34. The number of carbonyl (C=O) groups is 1. The first-order valence-corrected chi connectivity index (χ1v) is 12.9. The largest absolute Gasteiger partial charge is 0.423 e. The normalized spacial score (nSPS) is 18.3. The number of amides is 1. The number of benzene rings is 2. The van der Waals surface area contributed by atoms with Crippen LogP contribution in [0.15, 0.2) is 42.5 Å². The summed E-state index contributed by atoms with van der Waals surface area (Å²) in [6.45, 7) is 2.91. The molecule has 38 heavy (non-hydrogen) atoms. The van der Waals surface area contributed by atoms with Gasteiger partial charge in [-0.05, 0) is 74.4 Å². The van der Waals surface area contributed by atoms with E-state index in [9.17, 15) is 28.1 Å². The van der Waals surface area contributed by atoms with E-state index in [1.807, 2.05) is 24.3 Å². The molecule has 0 unspecified atom stereocenters. The Labute approximate surface area is 226 Å². The van der Waals surface area contributed by atoms with Gasteiger partial charge in [0.2, 0.25) is 5.91 Å². The van der Waals surface area contributed by atoms with Crippen LogP contribution in [0, 0.1) is 16.0 Å². The predicted molar refractivity (Wildman–Crippen MR) is 144 cm³/mol. The van der Waals surface area contributed by atoms with E-state index < -0.39 is 22.4 Å². The number of likely N-dealkylation sites (tertiary alicyclic amines) is 1. The Morgan fingerprint density at radius 3 is 2.39 bits per heavy atom. The Kier molecular flexibility index (Phi) is 9.87. The molecule has 1 atom stereocenters. The topological polar surface area (TPSA) is 78.7 Å². The second kappa shape index (κ2) is 12.7. The van der Waals surface area contributed by atoms with Gasteiger partial charge in [-0.25, -0.2) is 0 Å². The fourth-order valence-corrected chi connectivity index (χ4v) is 5.31. The average Bonchev–Trinajstić information content (AvgIpc) is 3.33. The molecule has 208 valence electrons. The molecule has 2 aliphatic rings. The predicted octanol–water partition coefficient (Wildman–Crippen LogP) is 7.00. The summed E-state index contributed by atoms with van der Waals surface area (Å²) in [4.78, 5) is 26.7. The summed E-state index contributed by atoms with van der Waals surface area (Å²) in [5, 5.41) is 14.7. The van der Waals surface area contributed by atoms with Crippen LogP contribution in [0.5, 0.6) is 0 Å². The van der Waals surface area contributed by atoms with E-state index in [-0.39, 0.29) is 25.1 Å². The summed E-state index contributed by atoms with van der Waals surface area (Å²) in [5.74, 6) is 0.650. The molecule has 2 heterocycles. The smallest absolute Gasteiger partial charge is 0.380 e. The number of nitrogens with zero attached hydrogens (tertiary/aromatic N) is 3. The van der Waals surface area contributed by atoms with Crippen molar-refractivity contribution in [1.82, 2.24) is 4.90 Å². The van der Waals surface area contributed by atoms with Crippen LogP contribution in [0.3, 0.4) is 0 Å². The van der Waals surface area contributed by atoms with Crippen molar-refractivity contribution in [1.29, 1.82) is 0 Å². The number of carbonyl (C=O) groups excluding carboxylic acids is 1. The van der Waals surface area contributed by atoms with Crippen LogP contribution in [-0.2, 0) is 11.0 Å².